The Balaban J connectivity index is 0.000000980. The van der Waals surface area contributed by atoms with Crippen molar-refractivity contribution in [2.24, 2.45) is 0 Å². The largest absolute Gasteiger partial charge is 0.341 e. The van der Waals surface area contributed by atoms with E-state index in [-0.39, 0.29) is 12.4 Å². The minimum Gasteiger partial charge on any atom is -0.341 e. The van der Waals surface area contributed by atoms with Gasteiger partial charge >= 0.3 is 0 Å². The molecule has 2 nitrogen and oxygen atoms in total. The molecule has 0 saturated carbocycles. The maximum atomic E-state index is 5.68. The molecule has 1 heterocycles. The van der Waals surface area contributed by atoms with Crippen LogP contribution in [0.2, 0.25) is 0 Å². The summed E-state index contributed by atoms with van der Waals surface area (Å²) in [5.41, 5.74) is 4.61. The maximum Gasteiger partial charge on any atom is 0.122 e. The Morgan fingerprint density at radius 3 is 2.57 bits per heavy atom. The van der Waals surface area contributed by atoms with Crippen LogP contribution in [0.5, 0.6) is 0 Å². The topological polar surface area (TPSA) is 28.7 Å². The molecule has 1 aromatic carbocycles. The molecule has 0 fully saturated rings. The number of rotatable bonds is 1. The van der Waals surface area contributed by atoms with Gasteiger partial charge in [-0.2, -0.15) is 0 Å². The molecule has 14 heavy (non-hydrogen) atoms. The third-order valence-electron chi connectivity index (χ3n) is 2.27. The maximum absolute atomic E-state index is 5.68. The smallest absolute Gasteiger partial charge is 0.122 e. The molecule has 1 aromatic heterocycles. The van der Waals surface area contributed by atoms with Crippen LogP contribution in [-0.2, 0) is 5.88 Å². The fourth-order valence-electron chi connectivity index (χ4n) is 1.39. The molecule has 76 valence electrons. The summed E-state index contributed by atoms with van der Waals surface area (Å²) in [6.07, 6.45) is 0. The second-order valence-electron chi connectivity index (χ2n) is 3.27. The Morgan fingerprint density at radius 1 is 1.29 bits per heavy atom. The van der Waals surface area contributed by atoms with Gasteiger partial charge in [0.2, 0.25) is 0 Å². The molecule has 0 saturated heterocycles. The van der Waals surface area contributed by atoms with Gasteiger partial charge in [0.15, 0.2) is 0 Å². The van der Waals surface area contributed by atoms with Gasteiger partial charge in [0.05, 0.1) is 16.9 Å². The Bertz CT molecular complexity index is 410. The number of aromatic nitrogens is 2. The summed E-state index contributed by atoms with van der Waals surface area (Å²) in [5.74, 6) is 1.27. The van der Waals surface area contributed by atoms with Crippen molar-refractivity contribution in [3.8, 4) is 0 Å². The fourth-order valence-corrected chi connectivity index (χ4v) is 1.51. The van der Waals surface area contributed by atoms with Crippen molar-refractivity contribution in [3.05, 3.63) is 29.1 Å². The molecular formula is C10H12Cl2N2. The Morgan fingerprint density at radius 2 is 1.93 bits per heavy atom. The Hall–Kier alpha value is -0.730. The van der Waals surface area contributed by atoms with Gasteiger partial charge < -0.3 is 4.98 Å². The van der Waals surface area contributed by atoms with E-state index in [1.54, 1.807) is 0 Å². The molecular weight excluding hydrogens is 219 g/mol. The van der Waals surface area contributed by atoms with Crippen molar-refractivity contribution in [2.45, 2.75) is 19.7 Å². The first-order chi connectivity index (χ1) is 6.20. The van der Waals surface area contributed by atoms with E-state index < -0.39 is 0 Å². The number of benzene rings is 1. The van der Waals surface area contributed by atoms with E-state index in [1.165, 1.54) is 11.1 Å². The summed E-state index contributed by atoms with van der Waals surface area (Å²) in [6, 6.07) is 4.19. The van der Waals surface area contributed by atoms with Crippen molar-refractivity contribution >= 4 is 35.0 Å². The fraction of sp³-hybridized carbons (Fsp3) is 0.300. The number of hydrogen-bond donors (Lipinski definition) is 1. The Kier molecular flexibility index (Phi) is 3.40. The molecule has 2 rings (SSSR count). The number of hydrogen-bond acceptors (Lipinski definition) is 1. The van der Waals surface area contributed by atoms with Crippen LogP contribution in [0.1, 0.15) is 17.0 Å². The first-order valence-electron chi connectivity index (χ1n) is 4.22. The van der Waals surface area contributed by atoms with Crippen molar-refractivity contribution in [1.29, 1.82) is 0 Å². The van der Waals surface area contributed by atoms with Crippen LogP contribution in [0.25, 0.3) is 11.0 Å². The van der Waals surface area contributed by atoms with E-state index in [1.807, 2.05) is 0 Å². The summed E-state index contributed by atoms with van der Waals surface area (Å²) in [5, 5.41) is 0. The van der Waals surface area contributed by atoms with E-state index in [9.17, 15) is 0 Å². The van der Waals surface area contributed by atoms with Gasteiger partial charge in [0.1, 0.15) is 5.82 Å². The Labute approximate surface area is 94.1 Å². The molecule has 0 radical (unpaired) electrons. The van der Waals surface area contributed by atoms with Crippen molar-refractivity contribution in [1.82, 2.24) is 9.97 Å². The summed E-state index contributed by atoms with van der Waals surface area (Å²) in [7, 11) is 0. The van der Waals surface area contributed by atoms with E-state index in [2.05, 4.69) is 35.9 Å². The zero-order valence-corrected chi connectivity index (χ0v) is 9.67. The van der Waals surface area contributed by atoms with Crippen LogP contribution in [-0.4, -0.2) is 9.97 Å². The second-order valence-corrected chi connectivity index (χ2v) is 3.54. The van der Waals surface area contributed by atoms with Crippen LogP contribution in [0.15, 0.2) is 12.1 Å². The standard InChI is InChI=1S/C10H11ClN2.ClH/c1-6-3-8-9(4-7(6)2)13-10(5-11)12-8;/h3-4H,5H2,1-2H3,(H,12,13);1H. The predicted molar refractivity (Wildman–Crippen MR) is 62.4 cm³/mol. The van der Waals surface area contributed by atoms with Gasteiger partial charge in [-0.25, -0.2) is 4.98 Å². The number of nitrogens with zero attached hydrogens (tertiary/aromatic N) is 1. The van der Waals surface area contributed by atoms with E-state index in [4.69, 9.17) is 11.6 Å². The number of imidazole rings is 1. The first-order valence-corrected chi connectivity index (χ1v) is 4.76. The van der Waals surface area contributed by atoms with Crippen molar-refractivity contribution in [3.63, 3.8) is 0 Å². The SMILES string of the molecule is Cc1cc2nc(CCl)[nH]c2cc1C.Cl. The van der Waals surface area contributed by atoms with E-state index >= 15 is 0 Å². The predicted octanol–water partition coefficient (Wildman–Crippen LogP) is 3.34. The van der Waals surface area contributed by atoms with Gasteiger partial charge in [-0.15, -0.1) is 24.0 Å². The monoisotopic (exact) mass is 230 g/mol. The minimum absolute atomic E-state index is 0. The normalized spacial score (nSPS) is 10.2. The third-order valence-corrected chi connectivity index (χ3v) is 2.53. The highest BCUT2D eigenvalue weighted by atomic mass is 35.5. The zero-order valence-electron chi connectivity index (χ0n) is 8.10. The highest BCUT2D eigenvalue weighted by Gasteiger charge is 2.03. The van der Waals surface area contributed by atoms with Crippen molar-refractivity contribution in [2.75, 3.05) is 0 Å². The van der Waals surface area contributed by atoms with Gasteiger partial charge in [-0.05, 0) is 37.1 Å². The highest BCUT2D eigenvalue weighted by molar-refractivity contribution is 6.16. The van der Waals surface area contributed by atoms with Gasteiger partial charge in [0, 0.05) is 0 Å². The molecule has 2 aromatic rings. The lowest BCUT2D eigenvalue weighted by Crippen LogP contribution is -1.79. The molecule has 0 spiro atoms. The molecule has 0 atom stereocenters. The molecule has 0 aliphatic carbocycles. The van der Waals surface area contributed by atoms with Crippen LogP contribution in [0, 0.1) is 13.8 Å². The summed E-state index contributed by atoms with van der Waals surface area (Å²) in [6.45, 7) is 4.18. The molecule has 0 bridgehead atoms. The van der Waals surface area contributed by atoms with E-state index in [0.717, 1.165) is 16.9 Å². The van der Waals surface area contributed by atoms with Gasteiger partial charge in [-0.1, -0.05) is 0 Å². The van der Waals surface area contributed by atoms with Crippen LogP contribution >= 0.6 is 24.0 Å². The highest BCUT2D eigenvalue weighted by Crippen LogP contribution is 2.17. The van der Waals surface area contributed by atoms with E-state index in [0.29, 0.717) is 5.88 Å². The number of fused-ring (bicyclic) bond motifs is 1. The molecule has 0 unspecified atom stereocenters. The van der Waals surface area contributed by atoms with Crippen LogP contribution in [0.4, 0.5) is 0 Å². The lowest BCUT2D eigenvalue weighted by molar-refractivity contribution is 1.13. The average molecular weight is 231 g/mol. The zero-order chi connectivity index (χ0) is 9.42. The molecule has 4 heteroatoms. The number of aromatic amines is 1. The van der Waals surface area contributed by atoms with Crippen molar-refractivity contribution < 1.29 is 0 Å². The number of nitrogens with one attached hydrogen (secondary N) is 1. The minimum atomic E-state index is 0. The molecule has 0 aliphatic heterocycles. The third kappa shape index (κ3) is 1.86. The summed E-state index contributed by atoms with van der Waals surface area (Å²) < 4.78 is 0. The first kappa shape index (κ1) is 11.3. The van der Waals surface area contributed by atoms with Gasteiger partial charge in [0.25, 0.3) is 0 Å². The van der Waals surface area contributed by atoms with Crippen LogP contribution < -0.4 is 0 Å². The lowest BCUT2D eigenvalue weighted by atomic mass is 10.1. The number of halogens is 2. The molecule has 0 aliphatic rings. The quantitative estimate of drug-likeness (QED) is 0.749. The average Bonchev–Trinajstić information content (AvgIpc) is 2.48. The lowest BCUT2D eigenvalue weighted by Gasteiger charge is -1.97. The number of alkyl halides is 1. The summed E-state index contributed by atoms with van der Waals surface area (Å²) >= 11 is 5.68. The molecule has 0 amide bonds. The second kappa shape index (κ2) is 4.20. The molecule has 1 N–H and O–H groups in total. The van der Waals surface area contributed by atoms with Crippen LogP contribution in [0.3, 0.4) is 0 Å². The number of H-pyrrole nitrogens is 1. The summed E-state index contributed by atoms with van der Waals surface area (Å²) in [4.78, 5) is 7.52. The van der Waals surface area contributed by atoms with Gasteiger partial charge in [-0.3, -0.25) is 0 Å². The number of aryl methyl sites for hydroxylation is 2.